The van der Waals surface area contributed by atoms with Gasteiger partial charge in [0.05, 0.1) is 12.0 Å². The number of rotatable bonds is 7. The van der Waals surface area contributed by atoms with Crippen LogP contribution in [-0.4, -0.2) is 28.8 Å². The van der Waals surface area contributed by atoms with E-state index in [1.54, 1.807) is 12.1 Å². The van der Waals surface area contributed by atoms with Crippen molar-refractivity contribution >= 4 is 17.0 Å². The molecule has 0 aliphatic rings. The van der Waals surface area contributed by atoms with Crippen LogP contribution in [0.2, 0.25) is 0 Å². The summed E-state index contributed by atoms with van der Waals surface area (Å²) >= 11 is 1.42. The number of ether oxygens (including phenoxy) is 1. The third kappa shape index (κ3) is 3.73. The summed E-state index contributed by atoms with van der Waals surface area (Å²) in [5, 5.41) is 24.0. The predicted molar refractivity (Wildman–Crippen MR) is 80.5 cm³/mol. The van der Waals surface area contributed by atoms with Crippen molar-refractivity contribution in [3.8, 4) is 16.3 Å². The highest BCUT2D eigenvalue weighted by Crippen LogP contribution is 2.33. The first-order chi connectivity index (χ1) is 10.2. The maximum Gasteiger partial charge on any atom is 0.311 e. The fraction of sp³-hybridized carbons (Fsp3) is 0.385. The Morgan fingerprint density at radius 3 is 2.90 bits per heavy atom. The van der Waals surface area contributed by atoms with E-state index in [2.05, 4.69) is 22.4 Å². The summed E-state index contributed by atoms with van der Waals surface area (Å²) < 4.78 is 4.98. The van der Waals surface area contributed by atoms with E-state index in [9.17, 15) is 10.1 Å². The minimum Gasteiger partial charge on any atom is -0.490 e. The third-order valence-electron chi connectivity index (χ3n) is 2.79. The van der Waals surface area contributed by atoms with Gasteiger partial charge < -0.3 is 10.1 Å². The number of nitrogens with one attached hydrogen (secondary N) is 1. The second-order valence-corrected chi connectivity index (χ2v) is 5.38. The lowest BCUT2D eigenvalue weighted by atomic mass is 10.2. The molecule has 1 aromatic heterocycles. The molecule has 21 heavy (non-hydrogen) atoms. The van der Waals surface area contributed by atoms with Crippen molar-refractivity contribution in [3.63, 3.8) is 0 Å². The molecule has 0 saturated carbocycles. The van der Waals surface area contributed by atoms with Crippen molar-refractivity contribution in [1.29, 1.82) is 0 Å². The Bertz CT molecular complexity index is 630. The maximum atomic E-state index is 11.0. The second-order valence-electron chi connectivity index (χ2n) is 4.32. The van der Waals surface area contributed by atoms with Crippen LogP contribution in [0.15, 0.2) is 18.2 Å². The smallest absolute Gasteiger partial charge is 0.311 e. The molecule has 0 spiro atoms. The number of hydrogen-bond acceptors (Lipinski definition) is 7. The second kappa shape index (κ2) is 7.09. The van der Waals surface area contributed by atoms with E-state index in [0.717, 1.165) is 18.0 Å². The number of aromatic nitrogens is 2. The summed E-state index contributed by atoms with van der Waals surface area (Å²) in [5.41, 5.74) is 0.595. The Morgan fingerprint density at radius 1 is 1.43 bits per heavy atom. The molecule has 112 valence electrons. The molecule has 1 heterocycles. The summed E-state index contributed by atoms with van der Waals surface area (Å²) in [6.07, 6.45) is 1.05. The quantitative estimate of drug-likeness (QED) is 0.480. The van der Waals surface area contributed by atoms with Crippen molar-refractivity contribution in [2.45, 2.75) is 19.9 Å². The zero-order valence-corrected chi connectivity index (χ0v) is 12.6. The summed E-state index contributed by atoms with van der Waals surface area (Å²) in [6.45, 7) is 3.67. The molecule has 0 saturated heterocycles. The van der Waals surface area contributed by atoms with Crippen molar-refractivity contribution in [2.24, 2.45) is 0 Å². The van der Waals surface area contributed by atoms with Gasteiger partial charge in [-0.2, -0.15) is 0 Å². The molecule has 0 aliphatic heterocycles. The van der Waals surface area contributed by atoms with Crippen molar-refractivity contribution in [2.75, 3.05) is 13.7 Å². The molecule has 0 radical (unpaired) electrons. The molecule has 0 bridgehead atoms. The molecule has 2 rings (SSSR count). The lowest BCUT2D eigenvalue weighted by Gasteiger charge is -2.02. The number of benzene rings is 1. The molecule has 1 N–H and O–H groups in total. The lowest BCUT2D eigenvalue weighted by molar-refractivity contribution is -0.385. The van der Waals surface area contributed by atoms with Crippen LogP contribution in [0.1, 0.15) is 18.4 Å². The predicted octanol–water partition coefficient (Wildman–Crippen LogP) is 2.62. The summed E-state index contributed by atoms with van der Waals surface area (Å²) in [6, 6.07) is 4.78. The van der Waals surface area contributed by atoms with E-state index in [0.29, 0.717) is 17.1 Å². The molecule has 0 unspecified atom stereocenters. The van der Waals surface area contributed by atoms with E-state index in [4.69, 9.17) is 4.74 Å². The van der Waals surface area contributed by atoms with Crippen LogP contribution in [0.4, 0.5) is 5.69 Å². The average Bonchev–Trinajstić information content (AvgIpc) is 2.95. The van der Waals surface area contributed by atoms with Crippen LogP contribution in [0.25, 0.3) is 10.6 Å². The van der Waals surface area contributed by atoms with Crippen LogP contribution in [-0.2, 0) is 6.54 Å². The molecule has 0 atom stereocenters. The zero-order valence-electron chi connectivity index (χ0n) is 11.8. The van der Waals surface area contributed by atoms with E-state index in [1.807, 2.05) is 0 Å². The van der Waals surface area contributed by atoms with Crippen LogP contribution in [0.5, 0.6) is 5.75 Å². The Hall–Kier alpha value is -2.06. The highest BCUT2D eigenvalue weighted by atomic mass is 32.1. The molecule has 8 heteroatoms. The fourth-order valence-corrected chi connectivity index (χ4v) is 2.59. The van der Waals surface area contributed by atoms with Gasteiger partial charge in [0.15, 0.2) is 5.75 Å². The van der Waals surface area contributed by atoms with Gasteiger partial charge in [0.1, 0.15) is 10.0 Å². The molecule has 2 aromatic rings. The van der Waals surface area contributed by atoms with E-state index in [1.165, 1.54) is 24.5 Å². The Kier molecular flexibility index (Phi) is 5.18. The van der Waals surface area contributed by atoms with Gasteiger partial charge in [-0.3, -0.25) is 10.1 Å². The van der Waals surface area contributed by atoms with Crippen LogP contribution in [0.3, 0.4) is 0 Å². The third-order valence-corrected chi connectivity index (χ3v) is 3.76. The molecular weight excluding hydrogens is 292 g/mol. The largest absolute Gasteiger partial charge is 0.490 e. The molecular formula is C13H16N4O3S. The highest BCUT2D eigenvalue weighted by molar-refractivity contribution is 7.14. The van der Waals surface area contributed by atoms with Gasteiger partial charge in [0.2, 0.25) is 0 Å². The minimum absolute atomic E-state index is 0.0733. The zero-order chi connectivity index (χ0) is 15.2. The SMILES string of the molecule is CCCNCc1nnc(-c2ccc(OC)c([N+](=O)[O-])c2)s1. The van der Waals surface area contributed by atoms with Crippen LogP contribution >= 0.6 is 11.3 Å². The first-order valence-electron chi connectivity index (χ1n) is 6.51. The maximum absolute atomic E-state index is 11.0. The van der Waals surface area contributed by atoms with Gasteiger partial charge in [-0.15, -0.1) is 10.2 Å². The van der Waals surface area contributed by atoms with Gasteiger partial charge in [-0.05, 0) is 25.1 Å². The van der Waals surface area contributed by atoms with Crippen LogP contribution in [0, 0.1) is 10.1 Å². The first kappa shape index (κ1) is 15.3. The standard InChI is InChI=1S/C13H16N4O3S/c1-3-6-14-8-12-15-16-13(21-12)9-4-5-11(20-2)10(7-9)17(18)19/h4-5,7,14H,3,6,8H2,1-2H3. The summed E-state index contributed by atoms with van der Waals surface area (Å²) in [4.78, 5) is 10.6. The summed E-state index contributed by atoms with van der Waals surface area (Å²) in [5.74, 6) is 0.234. The minimum atomic E-state index is -0.465. The van der Waals surface area contributed by atoms with Crippen molar-refractivity contribution in [1.82, 2.24) is 15.5 Å². The molecule has 7 nitrogen and oxygen atoms in total. The normalized spacial score (nSPS) is 10.6. The summed E-state index contributed by atoms with van der Waals surface area (Å²) in [7, 11) is 1.41. The Balaban J connectivity index is 2.22. The Morgan fingerprint density at radius 2 is 2.24 bits per heavy atom. The van der Waals surface area contributed by atoms with Crippen molar-refractivity contribution in [3.05, 3.63) is 33.3 Å². The number of hydrogen-bond donors (Lipinski definition) is 1. The molecule has 0 aliphatic carbocycles. The number of methoxy groups -OCH3 is 1. The van der Waals surface area contributed by atoms with Gasteiger partial charge in [0.25, 0.3) is 0 Å². The number of nitrogens with zero attached hydrogens (tertiary/aromatic N) is 3. The van der Waals surface area contributed by atoms with E-state index < -0.39 is 4.92 Å². The van der Waals surface area contributed by atoms with Gasteiger partial charge >= 0.3 is 5.69 Å². The fourth-order valence-electron chi connectivity index (χ4n) is 1.78. The van der Waals surface area contributed by atoms with E-state index in [-0.39, 0.29) is 11.4 Å². The topological polar surface area (TPSA) is 90.2 Å². The number of nitro benzene ring substituents is 1. The Labute approximate surface area is 126 Å². The molecule has 0 fully saturated rings. The van der Waals surface area contributed by atoms with Crippen LogP contribution < -0.4 is 10.1 Å². The van der Waals surface area contributed by atoms with Gasteiger partial charge in [-0.1, -0.05) is 18.3 Å². The van der Waals surface area contributed by atoms with Crippen molar-refractivity contribution < 1.29 is 9.66 Å². The van der Waals surface area contributed by atoms with Gasteiger partial charge in [0, 0.05) is 18.2 Å². The average molecular weight is 308 g/mol. The number of nitro groups is 1. The monoisotopic (exact) mass is 308 g/mol. The first-order valence-corrected chi connectivity index (χ1v) is 7.33. The lowest BCUT2D eigenvalue weighted by Crippen LogP contribution is -2.13. The molecule has 1 aromatic carbocycles. The van der Waals surface area contributed by atoms with Gasteiger partial charge in [-0.25, -0.2) is 0 Å². The highest BCUT2D eigenvalue weighted by Gasteiger charge is 2.17. The molecule has 0 amide bonds. The van der Waals surface area contributed by atoms with E-state index >= 15 is 0 Å².